The summed E-state index contributed by atoms with van der Waals surface area (Å²) < 4.78 is 0.765. The standard InChI is InChI=1S/C10H5BrClNO2/c11-8-1-2-9(12)6(4-8)3-7(5-13)10(14)15/h1-4H,(H,14,15)/b7-3+. The number of hydrogen-bond donors (Lipinski definition) is 1. The van der Waals surface area contributed by atoms with Gasteiger partial charge in [-0.3, -0.25) is 0 Å². The molecule has 1 aromatic rings. The third kappa shape index (κ3) is 3.08. The lowest BCUT2D eigenvalue weighted by molar-refractivity contribution is -0.132. The van der Waals surface area contributed by atoms with E-state index in [4.69, 9.17) is 22.0 Å². The van der Waals surface area contributed by atoms with Gasteiger partial charge in [0.15, 0.2) is 0 Å². The van der Waals surface area contributed by atoms with Gasteiger partial charge < -0.3 is 5.11 Å². The SMILES string of the molecule is N#C/C(=C\c1cc(Br)ccc1Cl)C(=O)O. The lowest BCUT2D eigenvalue weighted by atomic mass is 10.1. The average Bonchev–Trinajstić information content (AvgIpc) is 2.18. The van der Waals surface area contributed by atoms with Crippen LogP contribution in [0.15, 0.2) is 28.2 Å². The van der Waals surface area contributed by atoms with E-state index in [1.165, 1.54) is 6.08 Å². The van der Waals surface area contributed by atoms with E-state index < -0.39 is 5.97 Å². The maximum atomic E-state index is 10.6. The van der Waals surface area contributed by atoms with Gasteiger partial charge in [0, 0.05) is 9.50 Å². The van der Waals surface area contributed by atoms with Gasteiger partial charge in [0.1, 0.15) is 11.6 Å². The Morgan fingerprint density at radius 2 is 2.27 bits per heavy atom. The summed E-state index contributed by atoms with van der Waals surface area (Å²) in [5.74, 6) is -1.27. The topological polar surface area (TPSA) is 61.1 Å². The molecule has 1 aromatic carbocycles. The van der Waals surface area contributed by atoms with Gasteiger partial charge in [-0.25, -0.2) is 4.79 Å². The van der Waals surface area contributed by atoms with E-state index >= 15 is 0 Å². The highest BCUT2D eigenvalue weighted by atomic mass is 79.9. The summed E-state index contributed by atoms with van der Waals surface area (Å²) in [5, 5.41) is 17.6. The van der Waals surface area contributed by atoms with Crippen LogP contribution in [0.5, 0.6) is 0 Å². The van der Waals surface area contributed by atoms with Gasteiger partial charge in [0.05, 0.1) is 0 Å². The normalized spacial score (nSPS) is 10.9. The first-order valence-corrected chi connectivity index (χ1v) is 5.02. The Hall–Kier alpha value is -1.31. The Morgan fingerprint density at radius 3 is 2.80 bits per heavy atom. The number of halogens is 2. The molecule has 0 spiro atoms. The minimum Gasteiger partial charge on any atom is -0.477 e. The molecule has 0 saturated carbocycles. The van der Waals surface area contributed by atoms with Crippen molar-refractivity contribution < 1.29 is 9.90 Å². The van der Waals surface area contributed by atoms with Crippen molar-refractivity contribution in [2.24, 2.45) is 0 Å². The largest absolute Gasteiger partial charge is 0.477 e. The highest BCUT2D eigenvalue weighted by Gasteiger charge is 2.07. The third-order valence-corrected chi connectivity index (χ3v) is 2.45. The fraction of sp³-hybridized carbons (Fsp3) is 0. The van der Waals surface area contributed by atoms with Crippen LogP contribution in [0.3, 0.4) is 0 Å². The molecule has 15 heavy (non-hydrogen) atoms. The molecule has 0 heterocycles. The molecule has 1 N–H and O–H groups in total. The second-order valence-electron chi connectivity index (χ2n) is 2.64. The van der Waals surface area contributed by atoms with Crippen molar-refractivity contribution in [3.05, 3.63) is 38.8 Å². The summed E-state index contributed by atoms with van der Waals surface area (Å²) in [6.07, 6.45) is 1.23. The van der Waals surface area contributed by atoms with Crippen molar-refractivity contribution in [1.29, 1.82) is 5.26 Å². The summed E-state index contributed by atoms with van der Waals surface area (Å²) in [6.45, 7) is 0. The lowest BCUT2D eigenvalue weighted by Crippen LogP contribution is -1.97. The first-order valence-electron chi connectivity index (χ1n) is 3.84. The molecule has 0 aliphatic rings. The Balaban J connectivity index is 3.23. The molecular weight excluding hydrogens is 281 g/mol. The zero-order chi connectivity index (χ0) is 11.4. The lowest BCUT2D eigenvalue weighted by Gasteiger charge is -1.99. The molecular formula is C10H5BrClNO2. The maximum absolute atomic E-state index is 10.6. The third-order valence-electron chi connectivity index (χ3n) is 1.61. The highest BCUT2D eigenvalue weighted by molar-refractivity contribution is 9.10. The molecule has 0 aliphatic carbocycles. The minimum absolute atomic E-state index is 0.352. The summed E-state index contributed by atoms with van der Waals surface area (Å²) in [6, 6.07) is 6.57. The van der Waals surface area contributed by atoms with Gasteiger partial charge in [0.25, 0.3) is 0 Å². The van der Waals surface area contributed by atoms with Crippen molar-refractivity contribution in [3.8, 4) is 6.07 Å². The summed E-state index contributed by atoms with van der Waals surface area (Å²) in [4.78, 5) is 10.6. The molecule has 1 rings (SSSR count). The molecule has 0 amide bonds. The number of aliphatic carboxylic acids is 1. The van der Waals surface area contributed by atoms with Crippen LogP contribution in [0.1, 0.15) is 5.56 Å². The molecule has 76 valence electrons. The predicted octanol–water partition coefficient (Wildman–Crippen LogP) is 3.09. The first kappa shape index (κ1) is 11.8. The minimum atomic E-state index is -1.27. The molecule has 0 aromatic heterocycles. The van der Waals surface area contributed by atoms with Crippen molar-refractivity contribution in [2.45, 2.75) is 0 Å². The van der Waals surface area contributed by atoms with Crippen LogP contribution < -0.4 is 0 Å². The van der Waals surface area contributed by atoms with Crippen molar-refractivity contribution >= 4 is 39.6 Å². The van der Waals surface area contributed by atoms with Crippen LogP contribution >= 0.6 is 27.5 Å². The molecule has 5 heteroatoms. The van der Waals surface area contributed by atoms with Crippen LogP contribution in [0.4, 0.5) is 0 Å². The highest BCUT2D eigenvalue weighted by Crippen LogP contribution is 2.23. The number of carbonyl (C=O) groups is 1. The predicted molar refractivity (Wildman–Crippen MR) is 60.4 cm³/mol. The summed E-state index contributed by atoms with van der Waals surface area (Å²) >= 11 is 9.06. The monoisotopic (exact) mass is 285 g/mol. The maximum Gasteiger partial charge on any atom is 0.346 e. The first-order chi connectivity index (χ1) is 7.04. The van der Waals surface area contributed by atoms with Gasteiger partial charge in [0.2, 0.25) is 0 Å². The van der Waals surface area contributed by atoms with E-state index in [-0.39, 0.29) is 5.57 Å². The van der Waals surface area contributed by atoms with E-state index in [1.54, 1.807) is 24.3 Å². The number of carboxylic acids is 1. The van der Waals surface area contributed by atoms with Gasteiger partial charge in [-0.1, -0.05) is 27.5 Å². The van der Waals surface area contributed by atoms with E-state index in [9.17, 15) is 4.79 Å². The van der Waals surface area contributed by atoms with Crippen LogP contribution in [-0.4, -0.2) is 11.1 Å². The van der Waals surface area contributed by atoms with E-state index in [2.05, 4.69) is 15.9 Å². The van der Waals surface area contributed by atoms with Gasteiger partial charge >= 0.3 is 5.97 Å². The van der Waals surface area contributed by atoms with E-state index in [1.807, 2.05) is 0 Å². The van der Waals surface area contributed by atoms with E-state index in [0.717, 1.165) is 4.47 Å². The van der Waals surface area contributed by atoms with Gasteiger partial charge in [-0.2, -0.15) is 5.26 Å². The molecule has 0 unspecified atom stereocenters. The number of nitrogens with zero attached hydrogens (tertiary/aromatic N) is 1. The van der Waals surface area contributed by atoms with Crippen molar-refractivity contribution in [2.75, 3.05) is 0 Å². The Kier molecular flexibility index (Phi) is 3.89. The number of hydrogen-bond acceptors (Lipinski definition) is 2. The fourth-order valence-electron chi connectivity index (χ4n) is 0.923. The number of carboxylic acid groups (broad SMARTS) is 1. The fourth-order valence-corrected chi connectivity index (χ4v) is 1.47. The smallest absolute Gasteiger partial charge is 0.346 e. The Labute approximate surface area is 99.7 Å². The van der Waals surface area contributed by atoms with Gasteiger partial charge in [-0.15, -0.1) is 0 Å². The second kappa shape index (κ2) is 4.96. The Bertz CT molecular complexity index is 477. The average molecular weight is 287 g/mol. The quantitative estimate of drug-likeness (QED) is 0.671. The van der Waals surface area contributed by atoms with Crippen molar-refractivity contribution in [1.82, 2.24) is 0 Å². The molecule has 0 aliphatic heterocycles. The Morgan fingerprint density at radius 1 is 1.60 bits per heavy atom. The van der Waals surface area contributed by atoms with Crippen LogP contribution in [0.25, 0.3) is 6.08 Å². The van der Waals surface area contributed by atoms with Crippen LogP contribution in [0, 0.1) is 11.3 Å². The summed E-state index contributed by atoms with van der Waals surface area (Å²) in [5.41, 5.74) is 0.139. The number of nitriles is 1. The second-order valence-corrected chi connectivity index (χ2v) is 3.96. The van der Waals surface area contributed by atoms with Crippen LogP contribution in [-0.2, 0) is 4.79 Å². The molecule has 0 bridgehead atoms. The zero-order valence-corrected chi connectivity index (χ0v) is 9.71. The molecule has 0 fully saturated rings. The molecule has 0 saturated heterocycles. The van der Waals surface area contributed by atoms with Crippen LogP contribution in [0.2, 0.25) is 5.02 Å². The van der Waals surface area contributed by atoms with E-state index in [0.29, 0.717) is 10.6 Å². The van der Waals surface area contributed by atoms with Crippen molar-refractivity contribution in [3.63, 3.8) is 0 Å². The number of rotatable bonds is 2. The molecule has 3 nitrogen and oxygen atoms in total. The molecule has 0 radical (unpaired) electrons. The summed E-state index contributed by atoms with van der Waals surface area (Å²) in [7, 11) is 0. The molecule has 0 atom stereocenters. The van der Waals surface area contributed by atoms with Gasteiger partial charge in [-0.05, 0) is 29.8 Å². The zero-order valence-electron chi connectivity index (χ0n) is 7.37. The number of benzene rings is 1.